The van der Waals surface area contributed by atoms with Gasteiger partial charge in [0.15, 0.2) is 6.61 Å². The van der Waals surface area contributed by atoms with E-state index in [0.29, 0.717) is 30.2 Å². The molecule has 2 aromatic carbocycles. The van der Waals surface area contributed by atoms with Crippen molar-refractivity contribution in [1.29, 1.82) is 0 Å². The molecule has 8 nitrogen and oxygen atoms in total. The van der Waals surface area contributed by atoms with E-state index in [1.54, 1.807) is 41.7 Å². The minimum atomic E-state index is -0.212. The lowest BCUT2D eigenvalue weighted by Crippen LogP contribution is -2.35. The van der Waals surface area contributed by atoms with Gasteiger partial charge in [0.1, 0.15) is 18.1 Å². The van der Waals surface area contributed by atoms with Crippen LogP contribution in [0.3, 0.4) is 0 Å². The van der Waals surface area contributed by atoms with Crippen molar-refractivity contribution in [1.82, 2.24) is 15.6 Å². The number of nitrogens with one attached hydrogen (secondary N) is 2. The van der Waals surface area contributed by atoms with Crippen molar-refractivity contribution in [2.24, 2.45) is 0 Å². The first-order chi connectivity index (χ1) is 17.1. The number of para-hydroxylation sites is 1. The summed E-state index contributed by atoms with van der Waals surface area (Å²) in [5.41, 5.74) is 2.19. The van der Waals surface area contributed by atoms with E-state index < -0.39 is 0 Å². The molecular weight excluding hydrogens is 466 g/mol. The Morgan fingerprint density at radius 2 is 1.94 bits per heavy atom. The SMILES string of the molecule is Cc1nc(COc2ccc(C(=O)NCc3ccccc3OCC(=O)NC[C@@H]3CCCO3)cc2)cs1. The zero-order valence-electron chi connectivity index (χ0n) is 19.6. The van der Waals surface area contributed by atoms with E-state index >= 15 is 0 Å². The van der Waals surface area contributed by atoms with Crippen molar-refractivity contribution >= 4 is 23.2 Å². The molecule has 2 amide bonds. The normalized spacial score (nSPS) is 14.9. The van der Waals surface area contributed by atoms with E-state index in [-0.39, 0.29) is 31.1 Å². The molecule has 184 valence electrons. The highest BCUT2D eigenvalue weighted by Crippen LogP contribution is 2.19. The van der Waals surface area contributed by atoms with Gasteiger partial charge in [-0.2, -0.15) is 0 Å². The maximum absolute atomic E-state index is 12.6. The summed E-state index contributed by atoms with van der Waals surface area (Å²) in [6, 6.07) is 14.3. The Balaban J connectivity index is 1.23. The lowest BCUT2D eigenvalue weighted by Gasteiger charge is -2.14. The van der Waals surface area contributed by atoms with E-state index in [1.165, 1.54) is 0 Å². The molecular formula is C26H29N3O5S. The van der Waals surface area contributed by atoms with Gasteiger partial charge in [-0.3, -0.25) is 9.59 Å². The van der Waals surface area contributed by atoms with Crippen LogP contribution in [-0.2, 0) is 22.7 Å². The quantitative estimate of drug-likeness (QED) is 0.422. The molecule has 1 aliphatic heterocycles. The van der Waals surface area contributed by atoms with E-state index in [0.717, 1.165) is 35.7 Å². The lowest BCUT2D eigenvalue weighted by atomic mass is 10.1. The minimum Gasteiger partial charge on any atom is -0.487 e. The molecule has 0 spiro atoms. The molecule has 1 saturated heterocycles. The predicted molar refractivity (Wildman–Crippen MR) is 133 cm³/mol. The summed E-state index contributed by atoms with van der Waals surface area (Å²) in [6.45, 7) is 3.76. The van der Waals surface area contributed by atoms with Gasteiger partial charge in [-0.05, 0) is 50.1 Å². The second kappa shape index (κ2) is 12.3. The number of ether oxygens (including phenoxy) is 3. The first-order valence-electron chi connectivity index (χ1n) is 11.6. The molecule has 1 atom stereocenters. The lowest BCUT2D eigenvalue weighted by molar-refractivity contribution is -0.123. The third-order valence-corrected chi connectivity index (χ3v) is 6.31. The number of carbonyl (C=O) groups excluding carboxylic acids is 2. The number of carbonyl (C=O) groups is 2. The number of hydrogen-bond donors (Lipinski definition) is 2. The molecule has 1 aromatic heterocycles. The summed E-state index contributed by atoms with van der Waals surface area (Å²) < 4.78 is 17.0. The van der Waals surface area contributed by atoms with Gasteiger partial charge in [0.2, 0.25) is 0 Å². The van der Waals surface area contributed by atoms with E-state index in [9.17, 15) is 9.59 Å². The van der Waals surface area contributed by atoms with Gasteiger partial charge in [-0.1, -0.05) is 18.2 Å². The Kier molecular flexibility index (Phi) is 8.69. The van der Waals surface area contributed by atoms with Crippen LogP contribution in [0.2, 0.25) is 0 Å². The zero-order valence-corrected chi connectivity index (χ0v) is 20.4. The second-order valence-electron chi connectivity index (χ2n) is 8.19. The molecule has 1 aliphatic rings. The highest BCUT2D eigenvalue weighted by atomic mass is 32.1. The number of hydrogen-bond acceptors (Lipinski definition) is 7. The average molecular weight is 496 g/mol. The Labute approximate surface area is 208 Å². The van der Waals surface area contributed by atoms with Crippen molar-refractivity contribution < 1.29 is 23.8 Å². The smallest absolute Gasteiger partial charge is 0.258 e. The fraction of sp³-hybridized carbons (Fsp3) is 0.346. The summed E-state index contributed by atoms with van der Waals surface area (Å²) in [5, 5.41) is 8.71. The molecule has 1 fully saturated rings. The van der Waals surface area contributed by atoms with Crippen molar-refractivity contribution in [3.05, 3.63) is 75.7 Å². The van der Waals surface area contributed by atoms with Crippen LogP contribution in [0, 0.1) is 6.92 Å². The van der Waals surface area contributed by atoms with Crippen LogP contribution in [0.4, 0.5) is 0 Å². The van der Waals surface area contributed by atoms with Crippen LogP contribution in [0.15, 0.2) is 53.9 Å². The molecule has 9 heteroatoms. The van der Waals surface area contributed by atoms with Gasteiger partial charge >= 0.3 is 0 Å². The van der Waals surface area contributed by atoms with Gasteiger partial charge in [0, 0.05) is 36.2 Å². The molecule has 2 heterocycles. The van der Waals surface area contributed by atoms with Gasteiger partial charge < -0.3 is 24.8 Å². The van der Waals surface area contributed by atoms with E-state index in [1.807, 2.05) is 30.5 Å². The standard InChI is InChI=1S/C26H29N3O5S/c1-18-29-21(17-35-18)15-33-22-10-8-19(9-11-22)26(31)28-13-20-5-2-3-7-24(20)34-16-25(30)27-14-23-6-4-12-32-23/h2-3,5,7-11,17,23H,4,6,12-16H2,1H3,(H,27,30)(H,28,31)/t23-/m0/s1. The second-order valence-corrected chi connectivity index (χ2v) is 9.25. The molecule has 0 saturated carbocycles. The van der Waals surface area contributed by atoms with Gasteiger partial charge in [0.25, 0.3) is 11.8 Å². The largest absolute Gasteiger partial charge is 0.487 e. The van der Waals surface area contributed by atoms with E-state index in [2.05, 4.69) is 15.6 Å². The summed E-state index contributed by atoms with van der Waals surface area (Å²) in [7, 11) is 0. The minimum absolute atomic E-state index is 0.0873. The molecule has 0 radical (unpaired) electrons. The number of benzene rings is 2. The summed E-state index contributed by atoms with van der Waals surface area (Å²) in [5.74, 6) is 0.812. The zero-order chi connectivity index (χ0) is 24.5. The van der Waals surface area contributed by atoms with Gasteiger partial charge in [0.05, 0.1) is 16.8 Å². The van der Waals surface area contributed by atoms with Crippen molar-refractivity contribution in [3.63, 3.8) is 0 Å². The maximum Gasteiger partial charge on any atom is 0.258 e. The van der Waals surface area contributed by atoms with Crippen LogP contribution in [0.1, 0.15) is 39.5 Å². The Bertz CT molecular complexity index is 1130. The summed E-state index contributed by atoms with van der Waals surface area (Å²) in [6.07, 6.45) is 2.08. The fourth-order valence-corrected chi connectivity index (χ4v) is 4.23. The Hall–Kier alpha value is -3.43. The fourth-order valence-electron chi connectivity index (χ4n) is 3.63. The highest BCUT2D eigenvalue weighted by molar-refractivity contribution is 7.09. The molecule has 3 aromatic rings. The average Bonchev–Trinajstić information content (AvgIpc) is 3.56. The number of amides is 2. The number of nitrogens with zero attached hydrogens (tertiary/aromatic N) is 1. The third kappa shape index (κ3) is 7.53. The van der Waals surface area contributed by atoms with Crippen LogP contribution < -0.4 is 20.1 Å². The van der Waals surface area contributed by atoms with Crippen molar-refractivity contribution in [3.8, 4) is 11.5 Å². The Morgan fingerprint density at radius 1 is 1.11 bits per heavy atom. The third-order valence-electron chi connectivity index (χ3n) is 5.49. The molecule has 0 unspecified atom stereocenters. The number of aryl methyl sites for hydroxylation is 1. The molecule has 0 aliphatic carbocycles. The molecule has 2 N–H and O–H groups in total. The van der Waals surface area contributed by atoms with Crippen molar-refractivity contribution in [2.45, 2.75) is 39.0 Å². The van der Waals surface area contributed by atoms with Crippen molar-refractivity contribution in [2.75, 3.05) is 19.8 Å². The highest BCUT2D eigenvalue weighted by Gasteiger charge is 2.16. The topological polar surface area (TPSA) is 98.8 Å². The van der Waals surface area contributed by atoms with Crippen LogP contribution in [0.5, 0.6) is 11.5 Å². The number of aromatic nitrogens is 1. The van der Waals surface area contributed by atoms with Crippen LogP contribution in [-0.4, -0.2) is 42.7 Å². The Morgan fingerprint density at radius 3 is 2.69 bits per heavy atom. The van der Waals surface area contributed by atoms with Crippen LogP contribution in [0.25, 0.3) is 0 Å². The summed E-state index contributed by atoms with van der Waals surface area (Å²) >= 11 is 1.58. The van der Waals surface area contributed by atoms with E-state index in [4.69, 9.17) is 14.2 Å². The molecule has 0 bridgehead atoms. The molecule has 4 rings (SSSR count). The summed E-state index contributed by atoms with van der Waals surface area (Å²) in [4.78, 5) is 29.1. The number of thiazole rings is 1. The van der Waals surface area contributed by atoms with Crippen LogP contribution >= 0.6 is 11.3 Å². The first-order valence-corrected chi connectivity index (χ1v) is 12.5. The monoisotopic (exact) mass is 495 g/mol. The predicted octanol–water partition coefficient (Wildman–Crippen LogP) is 3.63. The van der Waals surface area contributed by atoms with Gasteiger partial charge in [-0.15, -0.1) is 11.3 Å². The number of rotatable bonds is 11. The van der Waals surface area contributed by atoms with Gasteiger partial charge in [-0.25, -0.2) is 4.98 Å². The maximum atomic E-state index is 12.6. The first kappa shape index (κ1) is 24.7. The molecule has 35 heavy (non-hydrogen) atoms.